The number of hydrogen-bond acceptors (Lipinski definition) is 4. The number of nitrogens with zero attached hydrogens (tertiary/aromatic N) is 4. The maximum atomic E-state index is 9.70. The topological polar surface area (TPSA) is 63.3 Å². The van der Waals surface area contributed by atoms with E-state index in [1.165, 1.54) is 0 Å². The van der Waals surface area contributed by atoms with Crippen LogP contribution in [0.3, 0.4) is 0 Å². The zero-order valence-electron chi connectivity index (χ0n) is 14.9. The van der Waals surface area contributed by atoms with E-state index >= 15 is 0 Å². The van der Waals surface area contributed by atoms with Crippen LogP contribution in [-0.2, 0) is 6.42 Å². The Morgan fingerprint density at radius 2 is 1.93 bits per heavy atom. The second-order valence-electron chi connectivity index (χ2n) is 6.94. The molecule has 0 spiro atoms. The number of rotatable bonds is 1. The Bertz CT molecular complexity index is 1180. The molecule has 0 amide bonds. The number of oxime groups is 1. The second-order valence-corrected chi connectivity index (χ2v) is 6.94. The van der Waals surface area contributed by atoms with Gasteiger partial charge in [0.2, 0.25) is 0 Å². The standard InChI is InChI=1S/C22H18N4O/c1-14-12-16-13-26(17-7-3-2-4-8-17)24-22(16)19-18(20(14)25-27)10-9-15-6-5-11-23-21(15)19/h2-11,13-14,27H,12H2,1H3/b25-20+. The Labute approximate surface area is 156 Å². The quantitative estimate of drug-likeness (QED) is 0.405. The molecule has 2 aromatic carbocycles. The Balaban J connectivity index is 1.85. The lowest BCUT2D eigenvalue weighted by atomic mass is 9.93. The molecule has 0 saturated carbocycles. The van der Waals surface area contributed by atoms with Gasteiger partial charge in [0.25, 0.3) is 0 Å². The fourth-order valence-corrected chi connectivity index (χ4v) is 3.93. The van der Waals surface area contributed by atoms with Gasteiger partial charge in [0.1, 0.15) is 0 Å². The van der Waals surface area contributed by atoms with Gasteiger partial charge in [-0.25, -0.2) is 4.68 Å². The minimum absolute atomic E-state index is 0.0737. The highest BCUT2D eigenvalue weighted by atomic mass is 16.4. The average molecular weight is 354 g/mol. The third-order valence-electron chi connectivity index (χ3n) is 5.20. The second kappa shape index (κ2) is 6.06. The van der Waals surface area contributed by atoms with Gasteiger partial charge in [0.15, 0.2) is 0 Å². The van der Waals surface area contributed by atoms with Gasteiger partial charge in [-0.05, 0) is 30.2 Å². The fourth-order valence-electron chi connectivity index (χ4n) is 3.93. The number of para-hydroxylation sites is 1. The molecule has 1 N–H and O–H groups in total. The summed E-state index contributed by atoms with van der Waals surface area (Å²) >= 11 is 0. The van der Waals surface area contributed by atoms with Crippen molar-refractivity contribution in [2.24, 2.45) is 11.1 Å². The van der Waals surface area contributed by atoms with E-state index in [-0.39, 0.29) is 5.92 Å². The first-order valence-electron chi connectivity index (χ1n) is 9.00. The molecule has 2 heterocycles. The van der Waals surface area contributed by atoms with E-state index in [1.807, 2.05) is 59.3 Å². The van der Waals surface area contributed by atoms with Crippen molar-refractivity contribution in [3.63, 3.8) is 0 Å². The summed E-state index contributed by atoms with van der Waals surface area (Å²) in [5, 5.41) is 19.3. The molecule has 1 aliphatic carbocycles. The fraction of sp³-hybridized carbons (Fsp3) is 0.136. The Morgan fingerprint density at radius 1 is 1.07 bits per heavy atom. The number of pyridine rings is 1. The first kappa shape index (κ1) is 15.8. The Morgan fingerprint density at radius 3 is 2.74 bits per heavy atom. The van der Waals surface area contributed by atoms with Crippen molar-refractivity contribution in [1.29, 1.82) is 0 Å². The van der Waals surface area contributed by atoms with Gasteiger partial charge in [-0.2, -0.15) is 5.10 Å². The summed E-state index contributed by atoms with van der Waals surface area (Å²) < 4.78 is 1.92. The molecule has 5 rings (SSSR count). The molecule has 0 radical (unpaired) electrons. The molecule has 5 heteroatoms. The van der Waals surface area contributed by atoms with Crippen molar-refractivity contribution in [3.8, 4) is 16.9 Å². The Hall–Kier alpha value is -3.47. The molecular weight excluding hydrogens is 336 g/mol. The summed E-state index contributed by atoms with van der Waals surface area (Å²) in [5.41, 5.74) is 6.45. The molecule has 1 unspecified atom stereocenters. The van der Waals surface area contributed by atoms with Crippen LogP contribution in [0.4, 0.5) is 0 Å². The first-order chi connectivity index (χ1) is 13.3. The van der Waals surface area contributed by atoms with Gasteiger partial charge < -0.3 is 5.21 Å². The molecule has 5 nitrogen and oxygen atoms in total. The van der Waals surface area contributed by atoms with Crippen molar-refractivity contribution in [1.82, 2.24) is 14.8 Å². The summed E-state index contributed by atoms with van der Waals surface area (Å²) in [4.78, 5) is 4.62. The van der Waals surface area contributed by atoms with E-state index in [1.54, 1.807) is 6.20 Å². The van der Waals surface area contributed by atoms with Crippen molar-refractivity contribution >= 4 is 16.6 Å². The molecule has 4 aromatic rings. The van der Waals surface area contributed by atoms with E-state index in [0.29, 0.717) is 5.71 Å². The predicted molar refractivity (Wildman–Crippen MR) is 105 cm³/mol. The maximum Gasteiger partial charge on any atom is 0.0988 e. The van der Waals surface area contributed by atoms with Crippen LogP contribution in [0.25, 0.3) is 27.8 Å². The average Bonchev–Trinajstić information content (AvgIpc) is 3.07. The monoisotopic (exact) mass is 354 g/mol. The van der Waals surface area contributed by atoms with E-state index < -0.39 is 0 Å². The zero-order valence-corrected chi connectivity index (χ0v) is 14.9. The zero-order chi connectivity index (χ0) is 18.4. The lowest BCUT2D eigenvalue weighted by Crippen LogP contribution is -2.14. The summed E-state index contributed by atoms with van der Waals surface area (Å²) in [7, 11) is 0. The van der Waals surface area contributed by atoms with Gasteiger partial charge in [-0.1, -0.05) is 48.5 Å². The minimum atomic E-state index is 0.0737. The predicted octanol–water partition coefficient (Wildman–Crippen LogP) is 4.46. The van der Waals surface area contributed by atoms with Crippen LogP contribution in [-0.4, -0.2) is 25.7 Å². The molecular formula is C22H18N4O. The van der Waals surface area contributed by atoms with Crippen LogP contribution in [0.15, 0.2) is 72.1 Å². The van der Waals surface area contributed by atoms with Gasteiger partial charge >= 0.3 is 0 Å². The first-order valence-corrected chi connectivity index (χ1v) is 9.00. The number of aromatic nitrogens is 3. The summed E-state index contributed by atoms with van der Waals surface area (Å²) in [6.45, 7) is 2.08. The highest BCUT2D eigenvalue weighted by Crippen LogP contribution is 2.38. The van der Waals surface area contributed by atoms with Gasteiger partial charge in [0.05, 0.1) is 22.6 Å². The smallest absolute Gasteiger partial charge is 0.0988 e. The molecule has 1 atom stereocenters. The largest absolute Gasteiger partial charge is 0.411 e. The van der Waals surface area contributed by atoms with Crippen molar-refractivity contribution < 1.29 is 5.21 Å². The highest BCUT2D eigenvalue weighted by Gasteiger charge is 2.29. The van der Waals surface area contributed by atoms with Crippen molar-refractivity contribution in [2.75, 3.05) is 0 Å². The number of fused-ring (bicyclic) bond motifs is 5. The van der Waals surface area contributed by atoms with Crippen LogP contribution < -0.4 is 0 Å². The van der Waals surface area contributed by atoms with Gasteiger partial charge in [0, 0.05) is 34.8 Å². The third-order valence-corrected chi connectivity index (χ3v) is 5.20. The van der Waals surface area contributed by atoms with Crippen LogP contribution in [0.5, 0.6) is 0 Å². The van der Waals surface area contributed by atoms with E-state index in [4.69, 9.17) is 5.10 Å². The van der Waals surface area contributed by atoms with E-state index in [9.17, 15) is 5.21 Å². The number of benzene rings is 2. The van der Waals surface area contributed by atoms with E-state index in [0.717, 1.165) is 45.4 Å². The van der Waals surface area contributed by atoms with Crippen LogP contribution in [0.2, 0.25) is 0 Å². The maximum absolute atomic E-state index is 9.70. The van der Waals surface area contributed by atoms with Crippen LogP contribution >= 0.6 is 0 Å². The lowest BCUT2D eigenvalue weighted by Gasteiger charge is -2.13. The normalized spacial score (nSPS) is 17.5. The summed E-state index contributed by atoms with van der Waals surface area (Å²) in [6, 6.07) is 18.1. The Kier molecular flexibility index (Phi) is 3.53. The van der Waals surface area contributed by atoms with Gasteiger partial charge in [-0.3, -0.25) is 4.98 Å². The number of hydrogen-bond donors (Lipinski definition) is 1. The minimum Gasteiger partial charge on any atom is -0.411 e. The molecule has 1 aliphatic rings. The van der Waals surface area contributed by atoms with Crippen LogP contribution in [0.1, 0.15) is 18.1 Å². The third kappa shape index (κ3) is 2.43. The lowest BCUT2D eigenvalue weighted by molar-refractivity contribution is 0.316. The molecule has 0 aliphatic heterocycles. The van der Waals surface area contributed by atoms with Gasteiger partial charge in [-0.15, -0.1) is 0 Å². The van der Waals surface area contributed by atoms with Crippen molar-refractivity contribution in [3.05, 3.63) is 78.1 Å². The van der Waals surface area contributed by atoms with E-state index in [2.05, 4.69) is 23.3 Å². The molecule has 132 valence electrons. The summed E-state index contributed by atoms with van der Waals surface area (Å²) in [6.07, 6.45) is 4.62. The SMILES string of the molecule is CC1Cc2cn(-c3ccccc3)nc2-c2c(ccc3cccnc23)/C1=N/O. The van der Waals surface area contributed by atoms with Crippen LogP contribution in [0, 0.1) is 5.92 Å². The highest BCUT2D eigenvalue weighted by molar-refractivity contribution is 6.13. The molecule has 0 fully saturated rings. The molecule has 2 aromatic heterocycles. The molecule has 27 heavy (non-hydrogen) atoms. The molecule has 0 bridgehead atoms. The molecule has 0 saturated heterocycles. The van der Waals surface area contributed by atoms with Crippen molar-refractivity contribution in [2.45, 2.75) is 13.3 Å². The summed E-state index contributed by atoms with van der Waals surface area (Å²) in [5.74, 6) is 0.0737.